The van der Waals surface area contributed by atoms with Gasteiger partial charge in [-0.2, -0.15) is 0 Å². The highest BCUT2D eigenvalue weighted by Crippen LogP contribution is 2.13. The van der Waals surface area contributed by atoms with Crippen LogP contribution in [0.15, 0.2) is 36.0 Å². The number of nitrogens with one attached hydrogen (secondary N) is 1. The first-order valence-electron chi connectivity index (χ1n) is 4.02. The van der Waals surface area contributed by atoms with Crippen LogP contribution in [-0.4, -0.2) is 11.1 Å². The predicted molar refractivity (Wildman–Crippen MR) is 64.2 cm³/mol. The van der Waals surface area contributed by atoms with Gasteiger partial charge in [0.25, 0.3) is 0 Å². The minimum Gasteiger partial charge on any atom is -0.478 e. The van der Waals surface area contributed by atoms with Crippen molar-refractivity contribution in [3.8, 4) is 0 Å². The lowest BCUT2D eigenvalue weighted by molar-refractivity contribution is -0.131. The number of halogens is 1. The van der Waals surface area contributed by atoms with E-state index in [4.69, 9.17) is 5.11 Å². The molecule has 0 fully saturated rings. The molecule has 0 saturated carbocycles. The first-order chi connectivity index (χ1) is 6.58. The second kappa shape index (κ2) is 4.99. The average Bonchev–Trinajstić information content (AvgIpc) is 2.01. The minimum atomic E-state index is -0.944. The molecule has 0 bridgehead atoms. The van der Waals surface area contributed by atoms with Gasteiger partial charge in [-0.15, -0.1) is 0 Å². The standard InChI is InChI=1S/C10H10INO2/c1-7(5-10(13)14)12-9-4-2-3-8(11)6-9/h2-6,12H,1H3,(H,13,14)/b7-5-. The molecule has 0 spiro atoms. The van der Waals surface area contributed by atoms with Crippen LogP contribution in [0.2, 0.25) is 0 Å². The zero-order valence-electron chi connectivity index (χ0n) is 7.62. The van der Waals surface area contributed by atoms with E-state index in [-0.39, 0.29) is 0 Å². The highest BCUT2D eigenvalue weighted by Gasteiger charge is 1.96. The van der Waals surface area contributed by atoms with Crippen LogP contribution in [0.25, 0.3) is 0 Å². The Bertz CT molecular complexity index is 374. The highest BCUT2D eigenvalue weighted by atomic mass is 127. The molecule has 0 saturated heterocycles. The van der Waals surface area contributed by atoms with E-state index in [9.17, 15) is 4.79 Å². The Kier molecular flexibility index (Phi) is 3.94. The smallest absolute Gasteiger partial charge is 0.330 e. The largest absolute Gasteiger partial charge is 0.478 e. The fraction of sp³-hybridized carbons (Fsp3) is 0.100. The zero-order chi connectivity index (χ0) is 10.6. The Morgan fingerprint density at radius 3 is 2.86 bits per heavy atom. The van der Waals surface area contributed by atoms with Crippen LogP contribution in [0.3, 0.4) is 0 Å². The first kappa shape index (κ1) is 11.0. The van der Waals surface area contributed by atoms with Crippen LogP contribution in [0.1, 0.15) is 6.92 Å². The number of rotatable bonds is 3. The fourth-order valence-electron chi connectivity index (χ4n) is 1.02. The van der Waals surface area contributed by atoms with Crippen molar-refractivity contribution < 1.29 is 9.90 Å². The van der Waals surface area contributed by atoms with Gasteiger partial charge in [0.05, 0.1) is 0 Å². The molecular formula is C10H10INO2. The molecule has 0 unspecified atom stereocenters. The van der Waals surface area contributed by atoms with Crippen LogP contribution in [-0.2, 0) is 4.79 Å². The molecule has 74 valence electrons. The van der Waals surface area contributed by atoms with Gasteiger partial charge in [-0.1, -0.05) is 6.07 Å². The monoisotopic (exact) mass is 303 g/mol. The van der Waals surface area contributed by atoms with Gasteiger partial charge in [0, 0.05) is 21.0 Å². The molecule has 0 aromatic heterocycles. The second-order valence-electron chi connectivity index (χ2n) is 2.80. The van der Waals surface area contributed by atoms with Crippen LogP contribution >= 0.6 is 22.6 Å². The van der Waals surface area contributed by atoms with Gasteiger partial charge in [0.15, 0.2) is 0 Å². The summed E-state index contributed by atoms with van der Waals surface area (Å²) in [5.74, 6) is -0.944. The Hall–Kier alpha value is -1.04. The van der Waals surface area contributed by atoms with Crippen molar-refractivity contribution in [1.29, 1.82) is 0 Å². The van der Waals surface area contributed by atoms with E-state index in [2.05, 4.69) is 27.9 Å². The number of carboxylic acids is 1. The third kappa shape index (κ3) is 3.78. The van der Waals surface area contributed by atoms with E-state index in [1.165, 1.54) is 0 Å². The summed E-state index contributed by atoms with van der Waals surface area (Å²) in [5, 5.41) is 11.5. The summed E-state index contributed by atoms with van der Waals surface area (Å²) < 4.78 is 1.11. The van der Waals surface area contributed by atoms with Gasteiger partial charge in [0.1, 0.15) is 0 Å². The molecule has 0 aliphatic carbocycles. The number of aliphatic carboxylic acids is 1. The molecule has 2 N–H and O–H groups in total. The van der Waals surface area contributed by atoms with Gasteiger partial charge in [-0.05, 0) is 47.7 Å². The molecule has 0 aliphatic rings. The van der Waals surface area contributed by atoms with Gasteiger partial charge >= 0.3 is 5.97 Å². The lowest BCUT2D eigenvalue weighted by Gasteiger charge is -2.05. The third-order valence-corrected chi connectivity index (χ3v) is 2.18. The van der Waals surface area contributed by atoms with Gasteiger partial charge in [0.2, 0.25) is 0 Å². The summed E-state index contributed by atoms with van der Waals surface area (Å²) in [7, 11) is 0. The maximum atomic E-state index is 10.3. The number of carboxylic acid groups (broad SMARTS) is 1. The molecule has 0 amide bonds. The average molecular weight is 303 g/mol. The van der Waals surface area contributed by atoms with Gasteiger partial charge < -0.3 is 10.4 Å². The van der Waals surface area contributed by atoms with E-state index in [1.807, 2.05) is 24.3 Å². The number of hydrogen-bond acceptors (Lipinski definition) is 2. The summed E-state index contributed by atoms with van der Waals surface area (Å²) in [6.07, 6.45) is 1.14. The number of allylic oxidation sites excluding steroid dienone is 1. The van der Waals surface area contributed by atoms with Crippen molar-refractivity contribution in [1.82, 2.24) is 0 Å². The molecule has 1 aromatic carbocycles. The summed E-state index contributed by atoms with van der Waals surface area (Å²) in [6, 6.07) is 7.72. The number of carbonyl (C=O) groups is 1. The van der Waals surface area contributed by atoms with Crippen molar-refractivity contribution in [2.24, 2.45) is 0 Å². The predicted octanol–water partition coefficient (Wildman–Crippen LogP) is 2.69. The van der Waals surface area contributed by atoms with E-state index in [1.54, 1.807) is 6.92 Å². The van der Waals surface area contributed by atoms with E-state index >= 15 is 0 Å². The molecule has 14 heavy (non-hydrogen) atoms. The van der Waals surface area contributed by atoms with Gasteiger partial charge in [-0.25, -0.2) is 4.79 Å². The molecular weight excluding hydrogens is 293 g/mol. The second-order valence-corrected chi connectivity index (χ2v) is 4.05. The minimum absolute atomic E-state index is 0.611. The van der Waals surface area contributed by atoms with E-state index in [0.29, 0.717) is 5.70 Å². The number of benzene rings is 1. The molecule has 0 radical (unpaired) electrons. The molecule has 0 aliphatic heterocycles. The molecule has 3 nitrogen and oxygen atoms in total. The fourth-order valence-corrected chi connectivity index (χ4v) is 1.56. The summed E-state index contributed by atoms with van der Waals surface area (Å²) in [6.45, 7) is 1.72. The van der Waals surface area contributed by atoms with Crippen LogP contribution in [0.4, 0.5) is 5.69 Å². The Labute approximate surface area is 96.0 Å². The number of hydrogen-bond donors (Lipinski definition) is 2. The van der Waals surface area contributed by atoms with Gasteiger partial charge in [-0.3, -0.25) is 0 Å². The molecule has 0 atom stereocenters. The van der Waals surface area contributed by atoms with Crippen LogP contribution < -0.4 is 5.32 Å². The summed E-state index contributed by atoms with van der Waals surface area (Å²) >= 11 is 2.20. The Morgan fingerprint density at radius 2 is 2.29 bits per heavy atom. The quantitative estimate of drug-likeness (QED) is 0.667. The van der Waals surface area contributed by atoms with Crippen molar-refractivity contribution in [2.45, 2.75) is 6.92 Å². The summed E-state index contributed by atoms with van der Waals surface area (Å²) in [5.41, 5.74) is 1.51. The normalized spacial score (nSPS) is 11.1. The van der Waals surface area contributed by atoms with Crippen molar-refractivity contribution in [2.75, 3.05) is 5.32 Å². The molecule has 4 heteroatoms. The van der Waals surface area contributed by atoms with Crippen LogP contribution in [0, 0.1) is 3.57 Å². The maximum Gasteiger partial charge on any atom is 0.330 e. The SMILES string of the molecule is C/C(=C/C(=O)O)Nc1cccc(I)c1. The Balaban J connectivity index is 2.74. The zero-order valence-corrected chi connectivity index (χ0v) is 9.78. The van der Waals surface area contributed by atoms with Crippen molar-refractivity contribution in [3.05, 3.63) is 39.6 Å². The molecule has 1 rings (SSSR count). The highest BCUT2D eigenvalue weighted by molar-refractivity contribution is 14.1. The third-order valence-electron chi connectivity index (χ3n) is 1.51. The van der Waals surface area contributed by atoms with Crippen molar-refractivity contribution in [3.63, 3.8) is 0 Å². The van der Waals surface area contributed by atoms with E-state index < -0.39 is 5.97 Å². The Morgan fingerprint density at radius 1 is 1.57 bits per heavy atom. The lowest BCUT2D eigenvalue weighted by atomic mass is 10.3. The first-order valence-corrected chi connectivity index (χ1v) is 5.09. The van der Waals surface area contributed by atoms with Crippen molar-refractivity contribution >= 4 is 34.2 Å². The summed E-state index contributed by atoms with van der Waals surface area (Å²) in [4.78, 5) is 10.3. The lowest BCUT2D eigenvalue weighted by Crippen LogP contribution is -1.99. The molecule has 1 aromatic rings. The van der Waals surface area contributed by atoms with E-state index in [0.717, 1.165) is 15.3 Å². The van der Waals surface area contributed by atoms with Crippen LogP contribution in [0.5, 0.6) is 0 Å². The molecule has 0 heterocycles. The number of anilines is 1. The maximum absolute atomic E-state index is 10.3. The topological polar surface area (TPSA) is 49.3 Å².